The lowest BCUT2D eigenvalue weighted by molar-refractivity contribution is -0.122. The van der Waals surface area contributed by atoms with E-state index in [0.29, 0.717) is 13.0 Å². The quantitative estimate of drug-likeness (QED) is 0.673. The summed E-state index contributed by atoms with van der Waals surface area (Å²) in [6, 6.07) is 0.267. The lowest BCUT2D eigenvalue weighted by Crippen LogP contribution is -2.47. The topological polar surface area (TPSA) is 108 Å². The van der Waals surface area contributed by atoms with Crippen LogP contribution in [-0.4, -0.2) is 35.6 Å². The van der Waals surface area contributed by atoms with Crippen molar-refractivity contribution in [3.05, 3.63) is 17.0 Å². The molecule has 1 aliphatic heterocycles. The minimum atomic E-state index is -1.10. The highest BCUT2D eigenvalue weighted by Crippen LogP contribution is 2.22. The molecule has 2 heterocycles. The van der Waals surface area contributed by atoms with Gasteiger partial charge in [-0.1, -0.05) is 0 Å². The summed E-state index contributed by atoms with van der Waals surface area (Å²) < 4.78 is 0. The molecule has 7 nitrogen and oxygen atoms in total. The maximum Gasteiger partial charge on any atom is 0.338 e. The molecule has 1 atom stereocenters. The van der Waals surface area contributed by atoms with Crippen LogP contribution in [0, 0.1) is 0 Å². The molecule has 1 saturated heterocycles. The van der Waals surface area contributed by atoms with Crippen LogP contribution in [0.1, 0.15) is 29.6 Å². The van der Waals surface area contributed by atoms with Crippen LogP contribution in [0.4, 0.5) is 9.80 Å². The Kier molecular flexibility index (Phi) is 4.57. The first-order valence-corrected chi connectivity index (χ1v) is 7.12. The highest BCUT2D eigenvalue weighted by atomic mass is 32.1. The molecule has 0 aromatic carbocycles. The van der Waals surface area contributed by atoms with E-state index in [1.807, 2.05) is 0 Å². The van der Waals surface area contributed by atoms with Crippen molar-refractivity contribution in [2.75, 3.05) is 11.9 Å². The molecule has 0 aliphatic carbocycles. The molecule has 0 radical (unpaired) electrons. The van der Waals surface area contributed by atoms with E-state index in [1.54, 1.807) is 5.38 Å². The number of carboxylic acids is 1. The molecule has 1 aromatic rings. The Bertz CT molecular complexity index is 529. The summed E-state index contributed by atoms with van der Waals surface area (Å²) in [6.07, 6.45) is 2.32. The van der Waals surface area contributed by atoms with Gasteiger partial charge in [0.1, 0.15) is 11.0 Å². The van der Waals surface area contributed by atoms with Crippen LogP contribution >= 0.6 is 11.3 Å². The maximum absolute atomic E-state index is 11.8. The summed E-state index contributed by atoms with van der Waals surface area (Å²) in [6.45, 7) is 0.618. The number of hydrogen-bond donors (Lipinski definition) is 4. The molecule has 20 heavy (non-hydrogen) atoms. The van der Waals surface area contributed by atoms with Gasteiger partial charge < -0.3 is 15.7 Å². The van der Waals surface area contributed by atoms with Crippen LogP contribution in [0.2, 0.25) is 0 Å². The molecule has 2 rings (SSSR count). The predicted molar refractivity (Wildman–Crippen MR) is 74.1 cm³/mol. The van der Waals surface area contributed by atoms with Gasteiger partial charge in [-0.25, -0.2) is 9.59 Å². The van der Waals surface area contributed by atoms with E-state index < -0.39 is 18.0 Å². The van der Waals surface area contributed by atoms with Gasteiger partial charge in [-0.15, -0.1) is 11.3 Å². The van der Waals surface area contributed by atoms with Gasteiger partial charge in [-0.3, -0.25) is 10.1 Å². The fraction of sp³-hybridized carbons (Fsp3) is 0.417. The van der Waals surface area contributed by atoms with E-state index in [4.69, 9.17) is 5.11 Å². The number of aromatic carboxylic acids is 1. The predicted octanol–water partition coefficient (Wildman–Crippen LogP) is 1.24. The molecular weight excluding hydrogens is 282 g/mol. The fourth-order valence-corrected chi connectivity index (χ4v) is 2.72. The van der Waals surface area contributed by atoms with E-state index in [0.717, 1.165) is 24.2 Å². The van der Waals surface area contributed by atoms with Gasteiger partial charge in [0.25, 0.3) is 0 Å². The Morgan fingerprint density at radius 2 is 2.20 bits per heavy atom. The van der Waals surface area contributed by atoms with E-state index in [-0.39, 0.29) is 16.5 Å². The lowest BCUT2D eigenvalue weighted by atomic mass is 10.1. The molecule has 3 amide bonds. The number of hydrogen-bond acceptors (Lipinski definition) is 4. The smallest absolute Gasteiger partial charge is 0.338 e. The summed E-state index contributed by atoms with van der Waals surface area (Å²) in [5.41, 5.74) is 0.0375. The van der Waals surface area contributed by atoms with Gasteiger partial charge in [0, 0.05) is 6.54 Å². The number of carbonyl (C=O) groups excluding carboxylic acids is 2. The summed E-state index contributed by atoms with van der Waals surface area (Å²) in [4.78, 5) is 34.4. The third-order valence-electron chi connectivity index (χ3n) is 2.96. The SMILES string of the molecule is O=C(Nc1sccc1C(=O)O)NC1CCCCNC1=O. The van der Waals surface area contributed by atoms with Gasteiger partial charge in [-0.05, 0) is 30.7 Å². The van der Waals surface area contributed by atoms with Crippen molar-refractivity contribution in [2.24, 2.45) is 0 Å². The number of nitrogens with one attached hydrogen (secondary N) is 3. The van der Waals surface area contributed by atoms with Gasteiger partial charge >= 0.3 is 12.0 Å². The van der Waals surface area contributed by atoms with Crippen LogP contribution < -0.4 is 16.0 Å². The number of rotatable bonds is 3. The van der Waals surface area contributed by atoms with E-state index >= 15 is 0 Å². The second kappa shape index (κ2) is 6.38. The zero-order valence-corrected chi connectivity index (χ0v) is 11.5. The molecule has 1 aliphatic rings. The molecule has 1 unspecified atom stereocenters. The third-order valence-corrected chi connectivity index (χ3v) is 3.79. The van der Waals surface area contributed by atoms with Crippen molar-refractivity contribution in [3.63, 3.8) is 0 Å². The number of amides is 3. The Labute approximate surface area is 119 Å². The summed E-state index contributed by atoms with van der Waals surface area (Å²) in [7, 11) is 0. The first kappa shape index (κ1) is 14.3. The first-order valence-electron chi connectivity index (χ1n) is 6.24. The molecular formula is C12H15N3O4S. The van der Waals surface area contributed by atoms with Crippen molar-refractivity contribution in [3.8, 4) is 0 Å². The zero-order chi connectivity index (χ0) is 14.5. The fourth-order valence-electron chi connectivity index (χ4n) is 1.95. The molecule has 1 aromatic heterocycles. The minimum absolute atomic E-state index is 0.0375. The standard InChI is InChI=1S/C12H15N3O4S/c16-9-8(3-1-2-5-13-9)14-12(19)15-10-7(11(17)18)4-6-20-10/h4,6,8H,1-3,5H2,(H,13,16)(H,17,18)(H2,14,15,19). The first-order chi connectivity index (χ1) is 9.58. The molecule has 0 saturated carbocycles. The molecule has 108 valence electrons. The van der Waals surface area contributed by atoms with Crippen LogP contribution in [-0.2, 0) is 4.79 Å². The Hall–Kier alpha value is -2.09. The molecule has 8 heteroatoms. The van der Waals surface area contributed by atoms with Crippen molar-refractivity contribution < 1.29 is 19.5 Å². The van der Waals surface area contributed by atoms with Crippen molar-refractivity contribution >= 4 is 34.2 Å². The molecule has 0 bridgehead atoms. The van der Waals surface area contributed by atoms with Crippen molar-refractivity contribution in [1.82, 2.24) is 10.6 Å². The second-order valence-corrected chi connectivity index (χ2v) is 5.32. The zero-order valence-electron chi connectivity index (χ0n) is 10.6. The van der Waals surface area contributed by atoms with Crippen LogP contribution in [0.25, 0.3) is 0 Å². The molecule has 0 spiro atoms. The Balaban J connectivity index is 1.96. The van der Waals surface area contributed by atoms with E-state index in [1.165, 1.54) is 6.07 Å². The Morgan fingerprint density at radius 1 is 1.40 bits per heavy atom. The summed E-state index contributed by atoms with van der Waals surface area (Å²) >= 11 is 1.12. The van der Waals surface area contributed by atoms with Crippen LogP contribution in [0.5, 0.6) is 0 Å². The number of urea groups is 1. The largest absolute Gasteiger partial charge is 0.478 e. The Morgan fingerprint density at radius 3 is 2.95 bits per heavy atom. The number of thiophene rings is 1. The van der Waals surface area contributed by atoms with Gasteiger partial charge in [0.15, 0.2) is 0 Å². The summed E-state index contributed by atoms with van der Waals surface area (Å²) in [5, 5.41) is 18.5. The average Bonchev–Trinajstić information content (AvgIpc) is 2.75. The molecule has 1 fully saturated rings. The number of carbonyl (C=O) groups is 3. The van der Waals surface area contributed by atoms with Gasteiger partial charge in [0.05, 0.1) is 5.56 Å². The highest BCUT2D eigenvalue weighted by molar-refractivity contribution is 7.14. The van der Waals surface area contributed by atoms with Crippen molar-refractivity contribution in [1.29, 1.82) is 0 Å². The van der Waals surface area contributed by atoms with Gasteiger partial charge in [0.2, 0.25) is 5.91 Å². The van der Waals surface area contributed by atoms with E-state index in [2.05, 4.69) is 16.0 Å². The van der Waals surface area contributed by atoms with Crippen LogP contribution in [0.15, 0.2) is 11.4 Å². The average molecular weight is 297 g/mol. The van der Waals surface area contributed by atoms with Crippen molar-refractivity contribution in [2.45, 2.75) is 25.3 Å². The van der Waals surface area contributed by atoms with E-state index in [9.17, 15) is 14.4 Å². The normalized spacial score (nSPS) is 18.8. The van der Waals surface area contributed by atoms with Gasteiger partial charge in [-0.2, -0.15) is 0 Å². The number of carboxylic acid groups (broad SMARTS) is 1. The summed E-state index contributed by atoms with van der Waals surface area (Å²) in [5.74, 6) is -1.31. The third kappa shape index (κ3) is 3.47. The number of anilines is 1. The maximum atomic E-state index is 11.8. The lowest BCUT2D eigenvalue weighted by Gasteiger charge is -2.15. The highest BCUT2D eigenvalue weighted by Gasteiger charge is 2.23. The van der Waals surface area contributed by atoms with Crippen LogP contribution in [0.3, 0.4) is 0 Å². The second-order valence-electron chi connectivity index (χ2n) is 4.41. The molecule has 4 N–H and O–H groups in total. The minimum Gasteiger partial charge on any atom is -0.478 e. The monoisotopic (exact) mass is 297 g/mol.